The van der Waals surface area contributed by atoms with E-state index in [0.29, 0.717) is 22.3 Å². The molecule has 0 heterocycles. The zero-order chi connectivity index (χ0) is 15.2. The number of hydrogen-bond donors (Lipinski definition) is 0. The lowest BCUT2D eigenvalue weighted by Gasteiger charge is -2.12. The van der Waals surface area contributed by atoms with Gasteiger partial charge in [-0.25, -0.2) is 0 Å². The van der Waals surface area contributed by atoms with Gasteiger partial charge in [0.25, 0.3) is 0 Å². The van der Waals surface area contributed by atoms with E-state index >= 15 is 0 Å². The number of halogens is 1. The monoisotopic (exact) mass is 317 g/mol. The normalized spacial score (nSPS) is 10.4. The minimum absolute atomic E-state index is 0.442. The number of para-hydroxylation sites is 1. The van der Waals surface area contributed by atoms with E-state index in [1.807, 2.05) is 24.3 Å². The highest BCUT2D eigenvalue weighted by Gasteiger charge is 2.09. The SMILES string of the molecule is CC(C)CSc1ccccc1Oc1ccc(C#N)cc1Cl. The maximum atomic E-state index is 8.86. The number of hydrogen-bond acceptors (Lipinski definition) is 3. The Balaban J connectivity index is 2.21. The van der Waals surface area contributed by atoms with Crippen LogP contribution in [-0.4, -0.2) is 5.75 Å². The van der Waals surface area contributed by atoms with Crippen molar-refractivity contribution in [2.45, 2.75) is 18.7 Å². The smallest absolute Gasteiger partial charge is 0.146 e. The molecule has 108 valence electrons. The summed E-state index contributed by atoms with van der Waals surface area (Å²) in [4.78, 5) is 1.09. The van der Waals surface area contributed by atoms with E-state index in [1.165, 1.54) is 0 Å². The van der Waals surface area contributed by atoms with Gasteiger partial charge in [0.15, 0.2) is 0 Å². The van der Waals surface area contributed by atoms with Gasteiger partial charge < -0.3 is 4.74 Å². The first kappa shape index (κ1) is 15.8. The largest absolute Gasteiger partial charge is 0.455 e. The molecule has 0 aromatic heterocycles. The van der Waals surface area contributed by atoms with Crippen molar-refractivity contribution in [3.8, 4) is 17.6 Å². The number of rotatable bonds is 5. The van der Waals surface area contributed by atoms with Gasteiger partial charge in [0, 0.05) is 5.75 Å². The Morgan fingerprint density at radius 3 is 2.62 bits per heavy atom. The fraction of sp³-hybridized carbons (Fsp3) is 0.235. The molecule has 0 fully saturated rings. The molecular weight excluding hydrogens is 302 g/mol. The maximum absolute atomic E-state index is 8.86. The standard InChI is InChI=1S/C17H16ClNOS/c1-12(2)11-21-17-6-4-3-5-16(17)20-15-8-7-13(10-19)9-14(15)18/h3-9,12H,11H2,1-2H3. The number of ether oxygens (including phenoxy) is 1. The van der Waals surface area contributed by atoms with Gasteiger partial charge in [0.2, 0.25) is 0 Å². The molecule has 0 saturated carbocycles. The Kier molecular flexibility index (Phi) is 5.55. The average Bonchev–Trinajstić information content (AvgIpc) is 2.48. The van der Waals surface area contributed by atoms with Crippen molar-refractivity contribution < 1.29 is 4.74 Å². The minimum atomic E-state index is 0.442. The fourth-order valence-electron chi connectivity index (χ4n) is 1.68. The van der Waals surface area contributed by atoms with Gasteiger partial charge in [-0.3, -0.25) is 0 Å². The van der Waals surface area contributed by atoms with Gasteiger partial charge in [-0.05, 0) is 36.2 Å². The van der Waals surface area contributed by atoms with Crippen molar-refractivity contribution in [1.82, 2.24) is 0 Å². The molecule has 2 rings (SSSR count). The second-order valence-corrected chi connectivity index (χ2v) is 6.48. The van der Waals surface area contributed by atoms with Crippen LogP contribution in [0.1, 0.15) is 19.4 Å². The number of nitriles is 1. The lowest BCUT2D eigenvalue weighted by Crippen LogP contribution is -1.93. The lowest BCUT2D eigenvalue weighted by molar-refractivity contribution is 0.471. The molecule has 2 aromatic rings. The van der Waals surface area contributed by atoms with Gasteiger partial charge in [-0.2, -0.15) is 5.26 Å². The molecule has 0 saturated heterocycles. The predicted octanol–water partition coefficient (Wildman–Crippen LogP) is 5.75. The van der Waals surface area contributed by atoms with E-state index in [9.17, 15) is 0 Å². The van der Waals surface area contributed by atoms with Crippen molar-refractivity contribution in [2.75, 3.05) is 5.75 Å². The first-order valence-electron chi connectivity index (χ1n) is 6.69. The summed E-state index contributed by atoms with van der Waals surface area (Å²) in [5.74, 6) is 2.99. The zero-order valence-corrected chi connectivity index (χ0v) is 13.5. The van der Waals surface area contributed by atoms with Crippen LogP contribution in [0.15, 0.2) is 47.4 Å². The Morgan fingerprint density at radius 2 is 1.95 bits per heavy atom. The molecular formula is C17H16ClNOS. The van der Waals surface area contributed by atoms with Crippen LogP contribution >= 0.6 is 23.4 Å². The van der Waals surface area contributed by atoms with Crippen LogP contribution < -0.4 is 4.74 Å². The van der Waals surface area contributed by atoms with Crippen molar-refractivity contribution >= 4 is 23.4 Å². The topological polar surface area (TPSA) is 33.0 Å². The third kappa shape index (κ3) is 4.42. The van der Waals surface area contributed by atoms with Crippen LogP contribution in [0.4, 0.5) is 0 Å². The molecule has 2 nitrogen and oxygen atoms in total. The molecule has 0 bridgehead atoms. The first-order chi connectivity index (χ1) is 10.1. The molecule has 0 aliphatic carbocycles. The highest BCUT2D eigenvalue weighted by Crippen LogP contribution is 2.36. The average molecular weight is 318 g/mol. The second kappa shape index (κ2) is 7.40. The number of nitrogens with zero attached hydrogens (tertiary/aromatic N) is 1. The summed E-state index contributed by atoms with van der Waals surface area (Å²) in [6.07, 6.45) is 0. The van der Waals surface area contributed by atoms with Crippen LogP contribution in [0, 0.1) is 17.2 Å². The highest BCUT2D eigenvalue weighted by molar-refractivity contribution is 7.99. The number of benzene rings is 2. The lowest BCUT2D eigenvalue weighted by atomic mass is 10.2. The van der Waals surface area contributed by atoms with Crippen molar-refractivity contribution in [3.63, 3.8) is 0 Å². The highest BCUT2D eigenvalue weighted by atomic mass is 35.5. The van der Waals surface area contributed by atoms with Crippen LogP contribution in [0.25, 0.3) is 0 Å². The van der Waals surface area contributed by atoms with E-state index in [0.717, 1.165) is 16.4 Å². The molecule has 0 aliphatic heterocycles. The van der Waals surface area contributed by atoms with Crippen LogP contribution in [0.3, 0.4) is 0 Å². The molecule has 0 atom stereocenters. The predicted molar refractivity (Wildman–Crippen MR) is 88.2 cm³/mol. The molecule has 0 radical (unpaired) electrons. The minimum Gasteiger partial charge on any atom is -0.455 e. The summed E-state index contributed by atoms with van der Waals surface area (Å²) in [6.45, 7) is 4.38. The Morgan fingerprint density at radius 1 is 1.19 bits per heavy atom. The maximum Gasteiger partial charge on any atom is 0.146 e. The quantitative estimate of drug-likeness (QED) is 0.658. The van der Waals surface area contributed by atoms with Crippen LogP contribution in [-0.2, 0) is 0 Å². The molecule has 0 unspecified atom stereocenters. The van der Waals surface area contributed by atoms with Crippen LogP contribution in [0.2, 0.25) is 5.02 Å². The molecule has 0 amide bonds. The van der Waals surface area contributed by atoms with Crippen molar-refractivity contribution in [1.29, 1.82) is 5.26 Å². The summed E-state index contributed by atoms with van der Waals surface area (Å²) < 4.78 is 5.91. The molecule has 0 aliphatic rings. The van der Waals surface area contributed by atoms with E-state index in [-0.39, 0.29) is 0 Å². The summed E-state index contributed by atoms with van der Waals surface area (Å²) in [5, 5.41) is 9.30. The summed E-state index contributed by atoms with van der Waals surface area (Å²) in [6, 6.07) is 15.0. The van der Waals surface area contributed by atoms with E-state index in [1.54, 1.807) is 30.0 Å². The summed E-state index contributed by atoms with van der Waals surface area (Å²) >= 11 is 7.92. The first-order valence-corrected chi connectivity index (χ1v) is 8.06. The number of thioether (sulfide) groups is 1. The molecule has 2 aromatic carbocycles. The van der Waals surface area contributed by atoms with Crippen molar-refractivity contribution in [2.24, 2.45) is 5.92 Å². The van der Waals surface area contributed by atoms with E-state index in [2.05, 4.69) is 19.9 Å². The van der Waals surface area contributed by atoms with Gasteiger partial charge in [0.1, 0.15) is 11.5 Å². The van der Waals surface area contributed by atoms with Crippen LogP contribution in [0.5, 0.6) is 11.5 Å². The van der Waals surface area contributed by atoms with Gasteiger partial charge in [0.05, 0.1) is 21.6 Å². The van der Waals surface area contributed by atoms with Crippen molar-refractivity contribution in [3.05, 3.63) is 53.1 Å². The Hall–Kier alpha value is -1.63. The Bertz CT molecular complexity index is 664. The van der Waals surface area contributed by atoms with Gasteiger partial charge >= 0.3 is 0 Å². The van der Waals surface area contributed by atoms with E-state index < -0.39 is 0 Å². The van der Waals surface area contributed by atoms with Gasteiger partial charge in [-0.1, -0.05) is 37.6 Å². The van der Waals surface area contributed by atoms with E-state index in [4.69, 9.17) is 21.6 Å². The second-order valence-electron chi connectivity index (χ2n) is 5.01. The molecule has 21 heavy (non-hydrogen) atoms. The molecule has 4 heteroatoms. The molecule has 0 N–H and O–H groups in total. The third-order valence-corrected chi connectivity index (χ3v) is 4.48. The molecule has 0 spiro atoms. The fourth-order valence-corrected chi connectivity index (χ4v) is 2.84. The summed E-state index contributed by atoms with van der Waals surface area (Å²) in [5.41, 5.74) is 0.523. The Labute approximate surface area is 134 Å². The zero-order valence-electron chi connectivity index (χ0n) is 12.0. The third-order valence-electron chi connectivity index (χ3n) is 2.70. The summed E-state index contributed by atoms with van der Waals surface area (Å²) in [7, 11) is 0. The van der Waals surface area contributed by atoms with Gasteiger partial charge in [-0.15, -0.1) is 11.8 Å².